The summed E-state index contributed by atoms with van der Waals surface area (Å²) in [4.78, 5) is 20.3. The molecule has 25 heavy (non-hydrogen) atoms. The molecular weight excluding hydrogens is 332 g/mol. The van der Waals surface area contributed by atoms with Crippen molar-refractivity contribution in [1.29, 1.82) is 0 Å². The third-order valence-corrected chi connectivity index (χ3v) is 5.91. The summed E-state index contributed by atoms with van der Waals surface area (Å²) in [7, 11) is 0. The van der Waals surface area contributed by atoms with Crippen LogP contribution in [0.25, 0.3) is 10.6 Å². The Labute approximate surface area is 153 Å². The van der Waals surface area contributed by atoms with Crippen molar-refractivity contribution in [3.63, 3.8) is 0 Å². The Morgan fingerprint density at radius 3 is 2.64 bits per heavy atom. The van der Waals surface area contributed by atoms with Gasteiger partial charge in [-0.2, -0.15) is 0 Å². The molecule has 0 spiro atoms. The van der Waals surface area contributed by atoms with E-state index in [4.69, 9.17) is 4.74 Å². The average molecular weight is 359 g/mol. The smallest absolute Gasteiger partial charge is 0.265 e. The number of likely N-dealkylation sites (tertiary alicyclic amines) is 1. The molecule has 1 aromatic carbocycles. The summed E-state index contributed by atoms with van der Waals surface area (Å²) in [5.74, 6) is 0.112. The monoisotopic (exact) mass is 358 g/mol. The molecule has 1 aliphatic rings. The van der Waals surface area contributed by atoms with Gasteiger partial charge in [-0.05, 0) is 46.1 Å². The van der Waals surface area contributed by atoms with Gasteiger partial charge in [-0.15, -0.1) is 11.3 Å². The molecule has 5 heteroatoms. The van der Waals surface area contributed by atoms with E-state index in [1.54, 1.807) is 0 Å². The first kappa shape index (κ1) is 18.1. The Morgan fingerprint density at radius 2 is 2.00 bits per heavy atom. The predicted molar refractivity (Wildman–Crippen MR) is 102 cm³/mol. The molecule has 1 fully saturated rings. The van der Waals surface area contributed by atoms with Crippen LogP contribution >= 0.6 is 11.3 Å². The number of thiazole rings is 1. The normalized spacial score (nSPS) is 15.6. The summed E-state index contributed by atoms with van der Waals surface area (Å²) < 4.78 is 5.68. The Hall–Kier alpha value is -1.72. The quantitative estimate of drug-likeness (QED) is 0.815. The van der Waals surface area contributed by atoms with Crippen molar-refractivity contribution >= 4 is 17.2 Å². The summed E-state index contributed by atoms with van der Waals surface area (Å²) in [5.41, 5.74) is 4.39. The van der Waals surface area contributed by atoms with E-state index in [1.165, 1.54) is 22.5 Å². The minimum Gasteiger partial charge on any atom is -0.378 e. The largest absolute Gasteiger partial charge is 0.378 e. The number of amides is 1. The van der Waals surface area contributed by atoms with E-state index in [-0.39, 0.29) is 5.91 Å². The van der Waals surface area contributed by atoms with Gasteiger partial charge in [0, 0.05) is 25.3 Å². The van der Waals surface area contributed by atoms with E-state index in [1.807, 2.05) is 18.7 Å². The van der Waals surface area contributed by atoms with Crippen molar-refractivity contribution in [2.45, 2.75) is 46.6 Å². The second-order valence-corrected chi connectivity index (χ2v) is 7.70. The van der Waals surface area contributed by atoms with Crippen molar-refractivity contribution in [2.24, 2.45) is 0 Å². The Balaban J connectivity index is 1.77. The number of carbonyl (C=O) groups excluding carboxylic acids is 1. The van der Waals surface area contributed by atoms with E-state index < -0.39 is 0 Å². The molecular formula is C20H26N2O2S. The van der Waals surface area contributed by atoms with Gasteiger partial charge in [0.1, 0.15) is 9.88 Å². The summed E-state index contributed by atoms with van der Waals surface area (Å²) >= 11 is 1.51. The molecule has 0 unspecified atom stereocenters. The highest BCUT2D eigenvalue weighted by Crippen LogP contribution is 2.32. The van der Waals surface area contributed by atoms with Gasteiger partial charge < -0.3 is 9.64 Å². The number of nitrogens with zero attached hydrogens (tertiary/aromatic N) is 2. The standard InChI is InChI=1S/C20H26N2O2S/c1-5-24-16-8-10-22(11-9-16)20(23)18-15(4)21-19(25-18)17-7-6-13(2)12-14(17)3/h6-7,12,16H,5,8-11H2,1-4H3. The van der Waals surface area contributed by atoms with Crippen LogP contribution in [0.15, 0.2) is 18.2 Å². The van der Waals surface area contributed by atoms with Crippen molar-refractivity contribution in [3.8, 4) is 10.6 Å². The van der Waals surface area contributed by atoms with Crippen molar-refractivity contribution in [1.82, 2.24) is 9.88 Å². The maximum absolute atomic E-state index is 12.9. The van der Waals surface area contributed by atoms with Gasteiger partial charge in [-0.3, -0.25) is 4.79 Å². The van der Waals surface area contributed by atoms with Crippen LogP contribution in [0.1, 0.15) is 46.3 Å². The van der Waals surface area contributed by atoms with Crippen LogP contribution in [0.5, 0.6) is 0 Å². The van der Waals surface area contributed by atoms with E-state index in [9.17, 15) is 4.79 Å². The summed E-state index contributed by atoms with van der Waals surface area (Å²) in [6, 6.07) is 6.36. The highest BCUT2D eigenvalue weighted by atomic mass is 32.1. The lowest BCUT2D eigenvalue weighted by molar-refractivity contribution is 0.0147. The van der Waals surface area contributed by atoms with Crippen molar-refractivity contribution in [3.05, 3.63) is 39.9 Å². The lowest BCUT2D eigenvalue weighted by Crippen LogP contribution is -2.40. The number of rotatable bonds is 4. The average Bonchev–Trinajstić information content (AvgIpc) is 2.96. The van der Waals surface area contributed by atoms with E-state index in [0.29, 0.717) is 6.10 Å². The van der Waals surface area contributed by atoms with Crippen LogP contribution in [-0.2, 0) is 4.74 Å². The number of carbonyl (C=O) groups is 1. The van der Waals surface area contributed by atoms with Gasteiger partial charge in [-0.25, -0.2) is 4.98 Å². The van der Waals surface area contributed by atoms with Gasteiger partial charge in [0.25, 0.3) is 5.91 Å². The third-order valence-electron chi connectivity index (χ3n) is 4.73. The highest BCUT2D eigenvalue weighted by Gasteiger charge is 2.27. The second-order valence-electron chi connectivity index (χ2n) is 6.70. The number of benzene rings is 1. The molecule has 134 valence electrons. The first-order valence-electron chi connectivity index (χ1n) is 8.95. The number of aryl methyl sites for hydroxylation is 3. The zero-order valence-corrected chi connectivity index (χ0v) is 16.3. The topological polar surface area (TPSA) is 42.4 Å². The molecule has 1 aromatic heterocycles. The van der Waals surface area contributed by atoms with Crippen LogP contribution in [0.3, 0.4) is 0 Å². The fourth-order valence-corrected chi connectivity index (χ4v) is 4.49. The fourth-order valence-electron chi connectivity index (χ4n) is 3.37. The molecule has 2 heterocycles. The molecule has 0 saturated carbocycles. The summed E-state index contributed by atoms with van der Waals surface area (Å²) in [5, 5.41) is 0.933. The number of hydrogen-bond acceptors (Lipinski definition) is 4. The molecule has 4 nitrogen and oxygen atoms in total. The lowest BCUT2D eigenvalue weighted by Gasteiger charge is -2.31. The molecule has 1 saturated heterocycles. The van der Waals surface area contributed by atoms with Gasteiger partial charge >= 0.3 is 0 Å². The van der Waals surface area contributed by atoms with Crippen LogP contribution in [0.4, 0.5) is 0 Å². The van der Waals surface area contributed by atoms with E-state index in [2.05, 4.69) is 37.0 Å². The number of piperidine rings is 1. The van der Waals surface area contributed by atoms with E-state index in [0.717, 1.165) is 53.7 Å². The first-order chi connectivity index (χ1) is 12.0. The molecule has 3 rings (SSSR count). The maximum atomic E-state index is 12.9. The minimum absolute atomic E-state index is 0.112. The highest BCUT2D eigenvalue weighted by molar-refractivity contribution is 7.17. The van der Waals surface area contributed by atoms with E-state index >= 15 is 0 Å². The molecule has 2 aromatic rings. The zero-order valence-electron chi connectivity index (χ0n) is 15.5. The van der Waals surface area contributed by atoms with Crippen LogP contribution in [0.2, 0.25) is 0 Å². The molecule has 0 radical (unpaired) electrons. The maximum Gasteiger partial charge on any atom is 0.265 e. The van der Waals surface area contributed by atoms with Crippen molar-refractivity contribution < 1.29 is 9.53 Å². The second kappa shape index (κ2) is 7.67. The van der Waals surface area contributed by atoms with Gasteiger partial charge in [0.05, 0.1) is 11.8 Å². The van der Waals surface area contributed by atoms with Gasteiger partial charge in [0.15, 0.2) is 0 Å². The Kier molecular flexibility index (Phi) is 5.54. The Morgan fingerprint density at radius 1 is 1.28 bits per heavy atom. The summed E-state index contributed by atoms with van der Waals surface area (Å²) in [6.07, 6.45) is 2.13. The summed E-state index contributed by atoms with van der Waals surface area (Å²) in [6.45, 7) is 10.4. The molecule has 1 amide bonds. The molecule has 1 aliphatic heterocycles. The minimum atomic E-state index is 0.112. The SMILES string of the molecule is CCOC1CCN(C(=O)c2sc(-c3ccc(C)cc3C)nc2C)CC1. The van der Waals surface area contributed by atoms with Crippen LogP contribution < -0.4 is 0 Å². The molecule has 0 bridgehead atoms. The first-order valence-corrected chi connectivity index (χ1v) is 9.77. The van der Waals surface area contributed by atoms with Gasteiger partial charge in [0.2, 0.25) is 0 Å². The number of ether oxygens (including phenoxy) is 1. The number of hydrogen-bond donors (Lipinski definition) is 0. The van der Waals surface area contributed by atoms with Gasteiger partial charge in [-0.1, -0.05) is 23.8 Å². The number of aromatic nitrogens is 1. The molecule has 0 aliphatic carbocycles. The van der Waals surface area contributed by atoms with Crippen LogP contribution in [0, 0.1) is 20.8 Å². The molecule has 0 N–H and O–H groups in total. The Bertz CT molecular complexity index is 761. The molecule has 0 atom stereocenters. The van der Waals surface area contributed by atoms with Crippen LogP contribution in [-0.4, -0.2) is 41.6 Å². The fraction of sp³-hybridized carbons (Fsp3) is 0.500. The third kappa shape index (κ3) is 3.93. The lowest BCUT2D eigenvalue weighted by atomic mass is 10.1. The predicted octanol–water partition coefficient (Wildman–Crippen LogP) is 4.38. The zero-order chi connectivity index (χ0) is 18.0. The van der Waals surface area contributed by atoms with Crippen molar-refractivity contribution in [2.75, 3.05) is 19.7 Å².